The number of carbonyl (C=O) groups excluding carboxylic acids is 1. The van der Waals surface area contributed by atoms with Gasteiger partial charge in [-0.2, -0.15) is 0 Å². The quantitative estimate of drug-likeness (QED) is 0.535. The molecule has 6 heteroatoms. The van der Waals surface area contributed by atoms with Gasteiger partial charge in [-0.15, -0.1) is 10.2 Å². The van der Waals surface area contributed by atoms with E-state index in [-0.39, 0.29) is 5.91 Å². The summed E-state index contributed by atoms with van der Waals surface area (Å²) in [5.41, 5.74) is 2.61. The molecule has 0 atom stereocenters. The number of para-hydroxylation sites is 1. The summed E-state index contributed by atoms with van der Waals surface area (Å²) in [5, 5.41) is 12.2. The first kappa shape index (κ1) is 17.0. The smallest absolute Gasteiger partial charge is 0.244 e. The van der Waals surface area contributed by atoms with Crippen molar-refractivity contribution in [1.82, 2.24) is 19.9 Å². The Morgan fingerprint density at radius 3 is 2.93 bits per heavy atom. The van der Waals surface area contributed by atoms with Gasteiger partial charge in [0.05, 0.1) is 0 Å². The Morgan fingerprint density at radius 1 is 1.19 bits per heavy atom. The van der Waals surface area contributed by atoms with Crippen LogP contribution in [0.1, 0.15) is 24.1 Å². The zero-order chi connectivity index (χ0) is 18.6. The Morgan fingerprint density at radius 2 is 2.04 bits per heavy atom. The van der Waals surface area contributed by atoms with E-state index >= 15 is 0 Å². The van der Waals surface area contributed by atoms with Crippen molar-refractivity contribution >= 4 is 28.6 Å². The molecule has 0 aliphatic heterocycles. The minimum atomic E-state index is -0.142. The second-order valence-electron chi connectivity index (χ2n) is 6.21. The molecule has 4 rings (SSSR count). The molecule has 6 nitrogen and oxygen atoms in total. The van der Waals surface area contributed by atoms with Crippen LogP contribution in [-0.4, -0.2) is 27.0 Å². The molecule has 3 heterocycles. The summed E-state index contributed by atoms with van der Waals surface area (Å²) in [5.74, 6) is 1.57. The number of amides is 1. The molecule has 0 aliphatic rings. The average Bonchev–Trinajstić information content (AvgIpc) is 3.27. The fraction of sp³-hybridized carbons (Fsp3) is 0.190. The molecule has 1 aromatic carbocycles. The Balaban J connectivity index is 1.41. The zero-order valence-electron chi connectivity index (χ0n) is 15.1. The number of fused-ring (bicyclic) bond motifs is 2. The highest BCUT2D eigenvalue weighted by Crippen LogP contribution is 2.27. The van der Waals surface area contributed by atoms with Crippen molar-refractivity contribution in [3.05, 3.63) is 71.9 Å². The molecule has 4 aromatic rings. The monoisotopic (exact) mass is 360 g/mol. The van der Waals surface area contributed by atoms with Gasteiger partial charge >= 0.3 is 0 Å². The first-order valence-electron chi connectivity index (χ1n) is 9.01. The normalized spacial score (nSPS) is 11.6. The van der Waals surface area contributed by atoms with Crippen LogP contribution < -0.4 is 5.32 Å². The van der Waals surface area contributed by atoms with Gasteiger partial charge in [-0.1, -0.05) is 31.2 Å². The number of benzene rings is 1. The molecule has 27 heavy (non-hydrogen) atoms. The fourth-order valence-electron chi connectivity index (χ4n) is 3.14. The molecular weight excluding hydrogens is 340 g/mol. The second-order valence-corrected chi connectivity index (χ2v) is 6.21. The number of hydrogen-bond acceptors (Lipinski definition) is 4. The molecule has 0 saturated carbocycles. The van der Waals surface area contributed by atoms with Crippen molar-refractivity contribution < 1.29 is 9.21 Å². The maximum absolute atomic E-state index is 12.2. The Hall–Kier alpha value is -3.41. The molecule has 0 fully saturated rings. The van der Waals surface area contributed by atoms with Crippen LogP contribution in [0, 0.1) is 0 Å². The van der Waals surface area contributed by atoms with Crippen molar-refractivity contribution in [1.29, 1.82) is 0 Å². The van der Waals surface area contributed by atoms with Gasteiger partial charge in [-0.05, 0) is 24.3 Å². The zero-order valence-corrected chi connectivity index (χ0v) is 15.1. The minimum Gasteiger partial charge on any atom is -0.460 e. The van der Waals surface area contributed by atoms with Crippen LogP contribution in [0.25, 0.3) is 22.7 Å². The van der Waals surface area contributed by atoms with Crippen LogP contribution in [0.4, 0.5) is 0 Å². The third-order valence-electron chi connectivity index (χ3n) is 4.47. The molecule has 0 spiro atoms. The fourth-order valence-corrected chi connectivity index (χ4v) is 3.14. The molecule has 3 aromatic heterocycles. The predicted molar refractivity (Wildman–Crippen MR) is 104 cm³/mol. The van der Waals surface area contributed by atoms with Crippen LogP contribution in [0.3, 0.4) is 0 Å². The summed E-state index contributed by atoms with van der Waals surface area (Å²) in [7, 11) is 0. The summed E-state index contributed by atoms with van der Waals surface area (Å²) in [4.78, 5) is 12.2. The number of hydrogen-bond donors (Lipinski definition) is 1. The van der Waals surface area contributed by atoms with E-state index in [9.17, 15) is 4.79 Å². The molecular formula is C21H20N4O2. The Labute approximate surface area is 156 Å². The molecule has 0 aliphatic carbocycles. The van der Waals surface area contributed by atoms with Crippen LogP contribution in [0.15, 0.2) is 59.2 Å². The lowest BCUT2D eigenvalue weighted by atomic mass is 10.1. The molecule has 1 N–H and O–H groups in total. The third-order valence-corrected chi connectivity index (χ3v) is 4.47. The van der Waals surface area contributed by atoms with E-state index < -0.39 is 0 Å². The van der Waals surface area contributed by atoms with Crippen LogP contribution in [0.5, 0.6) is 0 Å². The highest BCUT2D eigenvalue weighted by atomic mass is 16.3. The van der Waals surface area contributed by atoms with Gasteiger partial charge in [0.15, 0.2) is 5.65 Å². The second kappa shape index (κ2) is 7.45. The summed E-state index contributed by atoms with van der Waals surface area (Å²) in [6, 6.07) is 13.6. The Bertz CT molecular complexity index is 1120. The van der Waals surface area contributed by atoms with Gasteiger partial charge in [-0.25, -0.2) is 0 Å². The summed E-state index contributed by atoms with van der Waals surface area (Å²) in [6.45, 7) is 2.53. The van der Waals surface area contributed by atoms with E-state index in [0.717, 1.165) is 40.2 Å². The summed E-state index contributed by atoms with van der Waals surface area (Å²) in [6.07, 6.45) is 6.68. The van der Waals surface area contributed by atoms with Crippen molar-refractivity contribution in [2.24, 2.45) is 0 Å². The van der Waals surface area contributed by atoms with E-state index in [2.05, 4.69) is 15.5 Å². The SMILES string of the molecule is CCc1oc2ccccc2c1/C=C/C(=O)NCCc1nnc2ccccn12. The number of furan rings is 1. The predicted octanol–water partition coefficient (Wildman–Crippen LogP) is 3.41. The number of aromatic nitrogens is 3. The van der Waals surface area contributed by atoms with Crippen LogP contribution in [-0.2, 0) is 17.6 Å². The average molecular weight is 360 g/mol. The molecule has 0 saturated heterocycles. The van der Waals surface area contributed by atoms with E-state index in [4.69, 9.17) is 4.42 Å². The van der Waals surface area contributed by atoms with Gasteiger partial charge in [0.1, 0.15) is 17.2 Å². The number of nitrogens with one attached hydrogen (secondary N) is 1. The van der Waals surface area contributed by atoms with Gasteiger partial charge < -0.3 is 9.73 Å². The van der Waals surface area contributed by atoms with E-state index in [1.165, 1.54) is 0 Å². The van der Waals surface area contributed by atoms with Gasteiger partial charge in [0.2, 0.25) is 5.91 Å². The molecule has 0 unspecified atom stereocenters. The van der Waals surface area contributed by atoms with Gasteiger partial charge in [-0.3, -0.25) is 9.20 Å². The standard InChI is InChI=1S/C21H20N4O2/c1-2-17-16(15-7-3-4-8-18(15)27-17)10-11-21(26)22-13-12-20-24-23-19-9-5-6-14-25(19)20/h3-11,14H,2,12-13H2,1H3,(H,22,26)/b11-10+. The van der Waals surface area contributed by atoms with Crippen LogP contribution >= 0.6 is 0 Å². The molecule has 136 valence electrons. The van der Waals surface area contributed by atoms with Crippen molar-refractivity contribution in [2.45, 2.75) is 19.8 Å². The topological polar surface area (TPSA) is 72.4 Å². The summed E-state index contributed by atoms with van der Waals surface area (Å²) < 4.78 is 7.77. The van der Waals surface area contributed by atoms with Gasteiger partial charge in [0.25, 0.3) is 0 Å². The van der Waals surface area contributed by atoms with Crippen LogP contribution in [0.2, 0.25) is 0 Å². The number of nitrogens with zero attached hydrogens (tertiary/aromatic N) is 3. The maximum atomic E-state index is 12.2. The van der Waals surface area contributed by atoms with Crippen molar-refractivity contribution in [3.63, 3.8) is 0 Å². The maximum Gasteiger partial charge on any atom is 0.244 e. The lowest BCUT2D eigenvalue weighted by molar-refractivity contribution is -0.116. The lowest BCUT2D eigenvalue weighted by Crippen LogP contribution is -2.24. The van der Waals surface area contributed by atoms with E-state index in [1.54, 1.807) is 6.08 Å². The van der Waals surface area contributed by atoms with Crippen molar-refractivity contribution in [3.8, 4) is 0 Å². The number of carbonyl (C=O) groups is 1. The van der Waals surface area contributed by atoms with Crippen molar-refractivity contribution in [2.75, 3.05) is 6.54 Å². The molecule has 1 amide bonds. The Kier molecular flexibility index (Phi) is 4.70. The highest BCUT2D eigenvalue weighted by Gasteiger charge is 2.10. The lowest BCUT2D eigenvalue weighted by Gasteiger charge is -2.01. The van der Waals surface area contributed by atoms with Gasteiger partial charge in [0, 0.05) is 42.6 Å². The highest BCUT2D eigenvalue weighted by molar-refractivity contribution is 5.96. The minimum absolute atomic E-state index is 0.142. The van der Waals surface area contributed by atoms with E-state index in [0.29, 0.717) is 13.0 Å². The molecule has 0 bridgehead atoms. The summed E-state index contributed by atoms with van der Waals surface area (Å²) >= 11 is 0. The third kappa shape index (κ3) is 3.46. The largest absolute Gasteiger partial charge is 0.460 e. The number of pyridine rings is 1. The van der Waals surface area contributed by atoms with E-state index in [1.807, 2.05) is 66.1 Å². The first-order chi connectivity index (χ1) is 13.3. The number of rotatable bonds is 6. The first-order valence-corrected chi connectivity index (χ1v) is 9.01. The number of aryl methyl sites for hydroxylation is 1. The molecule has 0 radical (unpaired) electrons.